The summed E-state index contributed by atoms with van der Waals surface area (Å²) in [5, 5.41) is 0. The maximum atomic E-state index is 2.13. The Balaban J connectivity index is 2.15. The molecular formula is C14H11Li. The van der Waals surface area contributed by atoms with Gasteiger partial charge in [0.15, 0.2) is 0 Å². The Morgan fingerprint density at radius 1 is 0.667 bits per heavy atom. The molecule has 0 aliphatic rings. The van der Waals surface area contributed by atoms with E-state index in [1.54, 1.807) is 0 Å². The van der Waals surface area contributed by atoms with Gasteiger partial charge in [0.1, 0.15) is 0 Å². The van der Waals surface area contributed by atoms with Gasteiger partial charge in [0.2, 0.25) is 0 Å². The Morgan fingerprint density at radius 2 is 1.20 bits per heavy atom. The van der Waals surface area contributed by atoms with Crippen LogP contribution in [0.3, 0.4) is 0 Å². The summed E-state index contributed by atoms with van der Waals surface area (Å²) < 4.78 is 1.30. The van der Waals surface area contributed by atoms with Crippen molar-refractivity contribution in [3.8, 4) is 0 Å². The predicted molar refractivity (Wildman–Crippen MR) is 67.2 cm³/mol. The first-order chi connectivity index (χ1) is 7.34. The van der Waals surface area contributed by atoms with Crippen LogP contribution >= 0.6 is 0 Å². The Bertz CT molecular complexity index is 441. The van der Waals surface area contributed by atoms with Gasteiger partial charge in [-0.1, -0.05) is 0 Å². The standard InChI is InChI=1S/C14H11.Li/c1-3-7-13(8-4-1)11-12-14-9-5-2-6-10-14;/h1,3-12H;. The first-order valence-corrected chi connectivity index (χ1v) is 5.14. The molecule has 0 unspecified atom stereocenters. The van der Waals surface area contributed by atoms with Crippen molar-refractivity contribution in [3.05, 3.63) is 65.7 Å². The van der Waals surface area contributed by atoms with E-state index in [2.05, 4.69) is 78.4 Å². The third-order valence-corrected chi connectivity index (χ3v) is 2.35. The molecule has 0 nitrogen and oxygen atoms in total. The van der Waals surface area contributed by atoms with Crippen molar-refractivity contribution in [2.24, 2.45) is 0 Å². The fourth-order valence-corrected chi connectivity index (χ4v) is 1.43. The molecule has 0 amide bonds. The molecule has 0 aliphatic heterocycles. The fourth-order valence-electron chi connectivity index (χ4n) is 1.43. The molecule has 0 bridgehead atoms. The second-order valence-corrected chi connectivity index (χ2v) is 3.65. The van der Waals surface area contributed by atoms with Gasteiger partial charge in [-0.25, -0.2) is 0 Å². The Kier molecular flexibility index (Phi) is 3.45. The molecule has 0 fully saturated rings. The van der Waals surface area contributed by atoms with Crippen LogP contribution in [0, 0.1) is 0 Å². The molecular weight excluding hydrogens is 175 g/mol. The van der Waals surface area contributed by atoms with Crippen molar-refractivity contribution >= 4 is 34.1 Å². The molecule has 0 spiro atoms. The summed E-state index contributed by atoms with van der Waals surface area (Å²) >= 11 is 2.10. The van der Waals surface area contributed by atoms with E-state index in [4.69, 9.17) is 0 Å². The first-order valence-electron chi connectivity index (χ1n) is 5.14. The zero-order chi connectivity index (χ0) is 10.5. The van der Waals surface area contributed by atoms with Crippen LogP contribution in [-0.2, 0) is 0 Å². The Morgan fingerprint density at radius 3 is 1.80 bits per heavy atom. The summed E-state index contributed by atoms with van der Waals surface area (Å²) in [6, 6.07) is 18.9. The van der Waals surface area contributed by atoms with Gasteiger partial charge in [-0.3, -0.25) is 0 Å². The molecule has 0 heterocycles. The van der Waals surface area contributed by atoms with Gasteiger partial charge in [-0.2, -0.15) is 0 Å². The topological polar surface area (TPSA) is 0 Å². The van der Waals surface area contributed by atoms with Crippen molar-refractivity contribution in [2.45, 2.75) is 0 Å². The van der Waals surface area contributed by atoms with E-state index in [0.717, 1.165) is 0 Å². The van der Waals surface area contributed by atoms with E-state index >= 15 is 0 Å². The van der Waals surface area contributed by atoms with E-state index in [1.807, 2.05) is 6.07 Å². The van der Waals surface area contributed by atoms with Crippen molar-refractivity contribution in [2.75, 3.05) is 0 Å². The average Bonchev–Trinajstić information content (AvgIpc) is 2.30. The molecule has 2 rings (SSSR count). The molecule has 0 aliphatic carbocycles. The van der Waals surface area contributed by atoms with Crippen LogP contribution in [0.15, 0.2) is 54.6 Å². The molecule has 2 aromatic rings. The van der Waals surface area contributed by atoms with E-state index in [0.29, 0.717) is 0 Å². The average molecular weight is 186 g/mol. The molecule has 0 saturated heterocycles. The van der Waals surface area contributed by atoms with E-state index in [9.17, 15) is 0 Å². The molecule has 0 N–H and O–H groups in total. The summed E-state index contributed by atoms with van der Waals surface area (Å²) in [4.78, 5) is 0. The van der Waals surface area contributed by atoms with Gasteiger partial charge in [0.05, 0.1) is 0 Å². The SMILES string of the molecule is [Li][c]1ccc(C=Cc2ccccc2)cc1. The molecule has 0 radical (unpaired) electrons. The van der Waals surface area contributed by atoms with Crippen molar-refractivity contribution < 1.29 is 0 Å². The molecule has 0 aromatic heterocycles. The van der Waals surface area contributed by atoms with Crippen LogP contribution in [0.4, 0.5) is 0 Å². The zero-order valence-electron chi connectivity index (χ0n) is 8.85. The third kappa shape index (κ3) is 3.13. The Labute approximate surface area is 99.9 Å². The van der Waals surface area contributed by atoms with Crippen LogP contribution in [-0.4, -0.2) is 17.7 Å². The predicted octanol–water partition coefficient (Wildman–Crippen LogP) is 2.65. The number of hydrogen-bond acceptors (Lipinski definition) is 0. The second kappa shape index (κ2) is 5.03. The van der Waals surface area contributed by atoms with Gasteiger partial charge >= 0.3 is 99.8 Å². The summed E-state index contributed by atoms with van der Waals surface area (Å²) in [5.74, 6) is 0. The molecule has 2 aromatic carbocycles. The third-order valence-electron chi connectivity index (χ3n) is 2.35. The minimum absolute atomic E-state index is 1.23. The monoisotopic (exact) mass is 186 g/mol. The molecule has 15 heavy (non-hydrogen) atoms. The Hall–Kier alpha value is -1.22. The first kappa shape index (κ1) is 10.3. The van der Waals surface area contributed by atoms with Crippen LogP contribution in [0.1, 0.15) is 11.1 Å². The summed E-state index contributed by atoms with van der Waals surface area (Å²) in [7, 11) is 0. The van der Waals surface area contributed by atoms with E-state index in [1.165, 1.54) is 15.4 Å². The van der Waals surface area contributed by atoms with Gasteiger partial charge < -0.3 is 0 Å². The van der Waals surface area contributed by atoms with Crippen LogP contribution < -0.4 is 4.24 Å². The van der Waals surface area contributed by atoms with Crippen LogP contribution in [0.2, 0.25) is 0 Å². The number of benzene rings is 2. The van der Waals surface area contributed by atoms with E-state index in [-0.39, 0.29) is 0 Å². The summed E-state index contributed by atoms with van der Waals surface area (Å²) in [5.41, 5.74) is 2.47. The summed E-state index contributed by atoms with van der Waals surface area (Å²) in [6.07, 6.45) is 4.26. The quantitative estimate of drug-likeness (QED) is 0.499. The van der Waals surface area contributed by atoms with Crippen molar-refractivity contribution in [1.29, 1.82) is 0 Å². The molecule has 0 atom stereocenters. The van der Waals surface area contributed by atoms with Crippen molar-refractivity contribution in [3.63, 3.8) is 0 Å². The van der Waals surface area contributed by atoms with Gasteiger partial charge in [0, 0.05) is 0 Å². The molecule has 68 valence electrons. The van der Waals surface area contributed by atoms with E-state index < -0.39 is 0 Å². The zero-order valence-corrected chi connectivity index (χ0v) is 8.85. The second-order valence-electron chi connectivity index (χ2n) is 3.65. The minimum atomic E-state index is 1.23. The van der Waals surface area contributed by atoms with Gasteiger partial charge in [-0.15, -0.1) is 0 Å². The van der Waals surface area contributed by atoms with Gasteiger partial charge in [-0.05, 0) is 0 Å². The summed E-state index contributed by atoms with van der Waals surface area (Å²) in [6.45, 7) is 0. The normalized spacial score (nSPS) is 10.8. The number of rotatable bonds is 2. The van der Waals surface area contributed by atoms with Crippen LogP contribution in [0.5, 0.6) is 0 Å². The fraction of sp³-hybridized carbons (Fsp3) is 0. The van der Waals surface area contributed by atoms with Crippen LogP contribution in [0.25, 0.3) is 12.2 Å². The molecule has 0 saturated carbocycles. The van der Waals surface area contributed by atoms with Gasteiger partial charge in [0.25, 0.3) is 0 Å². The number of hydrogen-bond donors (Lipinski definition) is 0. The molecule has 1 heteroatoms. The van der Waals surface area contributed by atoms with Crippen molar-refractivity contribution in [1.82, 2.24) is 0 Å². The maximum absolute atomic E-state index is 2.13.